The molecule has 0 spiro atoms. The fourth-order valence-corrected chi connectivity index (χ4v) is 1.86. The normalized spacial score (nSPS) is 10.6. The van der Waals surface area contributed by atoms with Crippen molar-refractivity contribution in [2.45, 2.75) is 19.8 Å². The third-order valence-corrected chi connectivity index (χ3v) is 2.84. The molecular weight excluding hydrogens is 198 g/mol. The highest BCUT2D eigenvalue weighted by Gasteiger charge is 2.10. The molecule has 0 saturated carbocycles. The number of hydrogen-bond donors (Lipinski definition) is 1. The van der Waals surface area contributed by atoms with E-state index in [1.165, 1.54) is 5.56 Å². The molecular formula is C13H17N3. The lowest BCUT2D eigenvalue weighted by molar-refractivity contribution is 0.815. The first-order valence-corrected chi connectivity index (χ1v) is 5.56. The number of anilines is 1. The van der Waals surface area contributed by atoms with Gasteiger partial charge in [-0.1, -0.05) is 37.3 Å². The highest BCUT2D eigenvalue weighted by atomic mass is 15.1. The van der Waals surface area contributed by atoms with Crippen LogP contribution in [-0.4, -0.2) is 9.55 Å². The summed E-state index contributed by atoms with van der Waals surface area (Å²) in [5.41, 5.74) is 8.25. The maximum Gasteiger partial charge on any atom is 0.126 e. The zero-order chi connectivity index (χ0) is 11.5. The van der Waals surface area contributed by atoms with Gasteiger partial charge in [-0.3, -0.25) is 0 Å². The van der Waals surface area contributed by atoms with Crippen molar-refractivity contribution in [3.63, 3.8) is 0 Å². The highest BCUT2D eigenvalue weighted by molar-refractivity contribution is 5.41. The number of hydrogen-bond acceptors (Lipinski definition) is 2. The van der Waals surface area contributed by atoms with Crippen LogP contribution in [0, 0.1) is 0 Å². The van der Waals surface area contributed by atoms with Crippen molar-refractivity contribution in [3.05, 3.63) is 47.4 Å². The van der Waals surface area contributed by atoms with Crippen molar-refractivity contribution >= 4 is 5.82 Å². The standard InChI is InChI=1S/C13H17N3/c1-3-12-15-11(13(14)16(12)2)9-10-7-5-4-6-8-10/h4-8H,3,9,14H2,1-2H3. The first-order chi connectivity index (χ1) is 7.72. The second kappa shape index (κ2) is 4.39. The monoisotopic (exact) mass is 215 g/mol. The van der Waals surface area contributed by atoms with Crippen LogP contribution in [-0.2, 0) is 19.9 Å². The lowest BCUT2D eigenvalue weighted by atomic mass is 10.1. The van der Waals surface area contributed by atoms with E-state index in [-0.39, 0.29) is 0 Å². The predicted molar refractivity (Wildman–Crippen MR) is 66.2 cm³/mol. The molecule has 3 heteroatoms. The predicted octanol–water partition coefficient (Wildman–Crippen LogP) is 2.16. The summed E-state index contributed by atoms with van der Waals surface area (Å²) in [7, 11) is 1.97. The largest absolute Gasteiger partial charge is 0.384 e. The van der Waals surface area contributed by atoms with Gasteiger partial charge < -0.3 is 10.3 Å². The van der Waals surface area contributed by atoms with Crippen molar-refractivity contribution in [3.8, 4) is 0 Å². The van der Waals surface area contributed by atoms with Gasteiger partial charge in [0.15, 0.2) is 0 Å². The van der Waals surface area contributed by atoms with Gasteiger partial charge in [0.1, 0.15) is 11.6 Å². The van der Waals surface area contributed by atoms with Gasteiger partial charge in [0, 0.05) is 19.9 Å². The lowest BCUT2D eigenvalue weighted by Gasteiger charge is -2.00. The number of imidazole rings is 1. The maximum absolute atomic E-state index is 6.03. The summed E-state index contributed by atoms with van der Waals surface area (Å²) in [5, 5.41) is 0. The van der Waals surface area contributed by atoms with Crippen molar-refractivity contribution < 1.29 is 0 Å². The van der Waals surface area contributed by atoms with Crippen LogP contribution in [0.25, 0.3) is 0 Å². The van der Waals surface area contributed by atoms with E-state index < -0.39 is 0 Å². The summed E-state index contributed by atoms with van der Waals surface area (Å²) in [5.74, 6) is 1.82. The third kappa shape index (κ3) is 1.94. The summed E-state index contributed by atoms with van der Waals surface area (Å²) in [6, 6.07) is 10.3. The Morgan fingerprint density at radius 1 is 1.25 bits per heavy atom. The summed E-state index contributed by atoms with van der Waals surface area (Å²) < 4.78 is 1.97. The highest BCUT2D eigenvalue weighted by Crippen LogP contribution is 2.17. The molecule has 0 bridgehead atoms. The van der Waals surface area contributed by atoms with E-state index in [1.807, 2.05) is 29.8 Å². The minimum absolute atomic E-state index is 0.778. The van der Waals surface area contributed by atoms with Gasteiger partial charge in [-0.25, -0.2) is 4.98 Å². The first kappa shape index (κ1) is 10.7. The Morgan fingerprint density at radius 2 is 1.94 bits per heavy atom. The average molecular weight is 215 g/mol. The van der Waals surface area contributed by atoms with Gasteiger partial charge >= 0.3 is 0 Å². The Morgan fingerprint density at radius 3 is 2.50 bits per heavy atom. The Bertz CT molecular complexity index is 471. The second-order valence-electron chi connectivity index (χ2n) is 3.93. The Hall–Kier alpha value is -1.77. The summed E-state index contributed by atoms with van der Waals surface area (Å²) in [6.07, 6.45) is 1.72. The molecule has 0 amide bonds. The molecule has 1 heterocycles. The van der Waals surface area contributed by atoms with Crippen LogP contribution in [0.3, 0.4) is 0 Å². The van der Waals surface area contributed by atoms with E-state index in [2.05, 4.69) is 24.0 Å². The van der Waals surface area contributed by atoms with Gasteiger partial charge in [-0.05, 0) is 5.56 Å². The molecule has 1 aromatic heterocycles. The molecule has 2 rings (SSSR count). The number of rotatable bonds is 3. The maximum atomic E-state index is 6.03. The molecule has 16 heavy (non-hydrogen) atoms. The molecule has 0 fully saturated rings. The smallest absolute Gasteiger partial charge is 0.126 e. The molecule has 0 aliphatic heterocycles. The molecule has 0 radical (unpaired) electrons. The van der Waals surface area contributed by atoms with Gasteiger partial charge in [0.05, 0.1) is 5.69 Å². The van der Waals surface area contributed by atoms with Crippen LogP contribution >= 0.6 is 0 Å². The molecule has 2 aromatic rings. The number of nitrogen functional groups attached to an aromatic ring is 1. The van der Waals surface area contributed by atoms with Crippen LogP contribution in [0.4, 0.5) is 5.82 Å². The second-order valence-corrected chi connectivity index (χ2v) is 3.93. The number of nitrogens with two attached hydrogens (primary N) is 1. The Labute approximate surface area is 95.9 Å². The molecule has 0 aliphatic rings. The number of benzene rings is 1. The average Bonchev–Trinajstić information content (AvgIpc) is 2.58. The van der Waals surface area contributed by atoms with E-state index >= 15 is 0 Å². The lowest BCUT2D eigenvalue weighted by Crippen LogP contribution is -2.01. The number of aromatic nitrogens is 2. The van der Waals surface area contributed by atoms with Crippen LogP contribution in [0.1, 0.15) is 24.0 Å². The van der Waals surface area contributed by atoms with E-state index in [9.17, 15) is 0 Å². The molecule has 0 aliphatic carbocycles. The van der Waals surface area contributed by atoms with Gasteiger partial charge in [-0.15, -0.1) is 0 Å². The minimum atomic E-state index is 0.778. The number of aryl methyl sites for hydroxylation is 1. The van der Waals surface area contributed by atoms with E-state index in [1.54, 1.807) is 0 Å². The molecule has 1 aromatic carbocycles. The molecule has 0 unspecified atom stereocenters. The van der Waals surface area contributed by atoms with Crippen LogP contribution in [0.2, 0.25) is 0 Å². The molecule has 0 saturated heterocycles. The molecule has 2 N–H and O–H groups in total. The van der Waals surface area contributed by atoms with Crippen molar-refractivity contribution in [2.75, 3.05) is 5.73 Å². The van der Waals surface area contributed by atoms with Crippen molar-refractivity contribution in [1.82, 2.24) is 9.55 Å². The minimum Gasteiger partial charge on any atom is -0.384 e. The summed E-state index contributed by atoms with van der Waals surface area (Å²) in [4.78, 5) is 4.56. The summed E-state index contributed by atoms with van der Waals surface area (Å²) >= 11 is 0. The first-order valence-electron chi connectivity index (χ1n) is 5.56. The van der Waals surface area contributed by atoms with E-state index in [0.29, 0.717) is 0 Å². The van der Waals surface area contributed by atoms with Gasteiger partial charge in [0.2, 0.25) is 0 Å². The van der Waals surface area contributed by atoms with Crippen LogP contribution in [0.5, 0.6) is 0 Å². The zero-order valence-corrected chi connectivity index (χ0v) is 9.77. The third-order valence-electron chi connectivity index (χ3n) is 2.84. The van der Waals surface area contributed by atoms with Crippen LogP contribution < -0.4 is 5.73 Å². The van der Waals surface area contributed by atoms with E-state index in [0.717, 1.165) is 30.2 Å². The zero-order valence-electron chi connectivity index (χ0n) is 9.77. The van der Waals surface area contributed by atoms with Crippen LogP contribution in [0.15, 0.2) is 30.3 Å². The van der Waals surface area contributed by atoms with Crippen molar-refractivity contribution in [2.24, 2.45) is 7.05 Å². The fraction of sp³-hybridized carbons (Fsp3) is 0.308. The quantitative estimate of drug-likeness (QED) is 0.852. The van der Waals surface area contributed by atoms with Gasteiger partial charge in [-0.2, -0.15) is 0 Å². The summed E-state index contributed by atoms with van der Waals surface area (Å²) in [6.45, 7) is 2.09. The fourth-order valence-electron chi connectivity index (χ4n) is 1.86. The Balaban J connectivity index is 2.29. The topological polar surface area (TPSA) is 43.8 Å². The van der Waals surface area contributed by atoms with Gasteiger partial charge in [0.25, 0.3) is 0 Å². The Kier molecular flexibility index (Phi) is 2.95. The molecule has 84 valence electrons. The molecule has 0 atom stereocenters. The van der Waals surface area contributed by atoms with Crippen molar-refractivity contribution in [1.29, 1.82) is 0 Å². The molecule has 3 nitrogen and oxygen atoms in total. The van der Waals surface area contributed by atoms with E-state index in [4.69, 9.17) is 5.73 Å². The number of nitrogens with zero attached hydrogens (tertiary/aromatic N) is 2. The SMILES string of the molecule is CCc1nc(Cc2ccccc2)c(N)n1C.